The van der Waals surface area contributed by atoms with Gasteiger partial charge in [-0.25, -0.2) is 19.2 Å². The molecule has 0 aliphatic carbocycles. The van der Waals surface area contributed by atoms with Gasteiger partial charge in [0.1, 0.15) is 19.0 Å². The standard InChI is InChI=1S/C21H24FN5O4/c22-19-15(14-28)2-1-3-18(19)16-12-23-20(24-13-16)26-6-4-17(5-7-26)25-31-11-9-27-8-10-30-21(27)29/h1-3,12-13,28H,4-11,14H2. The Kier molecular flexibility index (Phi) is 6.56. The zero-order valence-electron chi connectivity index (χ0n) is 17.0. The Morgan fingerprint density at radius 2 is 1.97 bits per heavy atom. The number of cyclic esters (lactones) is 1. The third-order valence-corrected chi connectivity index (χ3v) is 5.31. The fraction of sp³-hybridized carbons (Fsp3) is 0.429. The lowest BCUT2D eigenvalue weighted by Gasteiger charge is -2.27. The van der Waals surface area contributed by atoms with E-state index in [1.165, 1.54) is 0 Å². The highest BCUT2D eigenvalue weighted by molar-refractivity contribution is 5.86. The van der Waals surface area contributed by atoms with E-state index >= 15 is 0 Å². The maximum atomic E-state index is 14.4. The number of amides is 1. The van der Waals surface area contributed by atoms with Gasteiger partial charge >= 0.3 is 6.09 Å². The second-order valence-electron chi connectivity index (χ2n) is 7.29. The number of aliphatic hydroxyl groups excluding tert-OH is 1. The minimum Gasteiger partial charge on any atom is -0.448 e. The Morgan fingerprint density at radius 1 is 1.19 bits per heavy atom. The SMILES string of the molecule is O=C1OCCN1CCON=C1CCN(c2ncc(-c3cccc(CO)c3F)cn2)CC1. The highest BCUT2D eigenvalue weighted by atomic mass is 19.1. The van der Waals surface area contributed by atoms with E-state index in [4.69, 9.17) is 9.57 Å². The van der Waals surface area contributed by atoms with E-state index in [-0.39, 0.29) is 18.3 Å². The van der Waals surface area contributed by atoms with E-state index < -0.39 is 5.82 Å². The lowest BCUT2D eigenvalue weighted by atomic mass is 10.1. The maximum Gasteiger partial charge on any atom is 0.410 e. The molecule has 2 aliphatic heterocycles. The Bertz CT molecular complexity index is 943. The largest absolute Gasteiger partial charge is 0.448 e. The molecule has 164 valence electrons. The lowest BCUT2D eigenvalue weighted by Crippen LogP contribution is -2.35. The fourth-order valence-electron chi connectivity index (χ4n) is 3.52. The number of rotatable bonds is 7. The van der Waals surface area contributed by atoms with Gasteiger partial charge in [0.2, 0.25) is 5.95 Å². The normalized spacial score (nSPS) is 16.5. The van der Waals surface area contributed by atoms with Crippen LogP contribution in [-0.4, -0.2) is 71.2 Å². The van der Waals surface area contributed by atoms with Gasteiger partial charge in [0, 0.05) is 55.0 Å². The van der Waals surface area contributed by atoms with Crippen LogP contribution in [0.4, 0.5) is 15.1 Å². The smallest absolute Gasteiger partial charge is 0.410 e. The highest BCUT2D eigenvalue weighted by Gasteiger charge is 2.22. The van der Waals surface area contributed by atoms with Crippen LogP contribution >= 0.6 is 0 Å². The number of piperidine rings is 1. The number of hydrogen-bond acceptors (Lipinski definition) is 8. The van der Waals surface area contributed by atoms with E-state index in [1.807, 2.05) is 4.90 Å². The molecule has 9 nitrogen and oxygen atoms in total. The Hall–Kier alpha value is -3.27. The third-order valence-electron chi connectivity index (χ3n) is 5.31. The molecule has 2 saturated heterocycles. The molecule has 0 bridgehead atoms. The van der Waals surface area contributed by atoms with Gasteiger partial charge in [-0.15, -0.1) is 0 Å². The summed E-state index contributed by atoms with van der Waals surface area (Å²) in [6.07, 6.45) is 4.34. The minimum atomic E-state index is -0.457. The molecule has 4 rings (SSSR count). The number of ether oxygens (including phenoxy) is 1. The number of carbonyl (C=O) groups is 1. The van der Waals surface area contributed by atoms with Gasteiger partial charge in [0.25, 0.3) is 0 Å². The van der Waals surface area contributed by atoms with Gasteiger partial charge in [-0.2, -0.15) is 0 Å². The molecule has 2 aromatic rings. The van der Waals surface area contributed by atoms with E-state index in [9.17, 15) is 14.3 Å². The molecule has 1 N–H and O–H groups in total. The van der Waals surface area contributed by atoms with Crippen LogP contribution in [0.3, 0.4) is 0 Å². The molecule has 1 amide bonds. The van der Waals surface area contributed by atoms with Gasteiger partial charge in [-0.1, -0.05) is 23.4 Å². The molecule has 1 aromatic heterocycles. The first-order valence-corrected chi connectivity index (χ1v) is 10.2. The average molecular weight is 429 g/mol. The lowest BCUT2D eigenvalue weighted by molar-refractivity contribution is 0.114. The predicted octanol–water partition coefficient (Wildman–Crippen LogP) is 2.20. The Morgan fingerprint density at radius 3 is 2.65 bits per heavy atom. The number of hydrogen-bond donors (Lipinski definition) is 1. The molecule has 0 spiro atoms. The molecule has 31 heavy (non-hydrogen) atoms. The number of nitrogens with zero attached hydrogens (tertiary/aromatic N) is 5. The van der Waals surface area contributed by atoms with Crippen molar-refractivity contribution in [3.8, 4) is 11.1 Å². The molecular formula is C21H24FN5O4. The molecule has 2 aliphatic rings. The molecule has 10 heteroatoms. The zero-order chi connectivity index (χ0) is 21.6. The quantitative estimate of drug-likeness (QED) is 0.532. The summed E-state index contributed by atoms with van der Waals surface area (Å²) < 4.78 is 19.3. The molecule has 0 saturated carbocycles. The predicted molar refractivity (Wildman–Crippen MR) is 111 cm³/mol. The van der Waals surface area contributed by atoms with Crippen LogP contribution in [0.2, 0.25) is 0 Å². The molecule has 0 atom stereocenters. The summed E-state index contributed by atoms with van der Waals surface area (Å²) in [4.78, 5) is 29.1. The van der Waals surface area contributed by atoms with Gasteiger partial charge in [-0.3, -0.25) is 0 Å². The van der Waals surface area contributed by atoms with E-state index in [0.717, 1.165) is 18.6 Å². The number of aromatic nitrogens is 2. The second kappa shape index (κ2) is 9.69. The molecule has 0 unspecified atom stereocenters. The Balaban J connectivity index is 1.28. The van der Waals surface area contributed by atoms with Crippen LogP contribution in [0.1, 0.15) is 18.4 Å². The van der Waals surface area contributed by atoms with Crippen molar-refractivity contribution >= 4 is 17.8 Å². The van der Waals surface area contributed by atoms with Crippen molar-refractivity contribution in [1.82, 2.24) is 14.9 Å². The number of halogens is 1. The van der Waals surface area contributed by atoms with Crippen LogP contribution in [0.5, 0.6) is 0 Å². The van der Waals surface area contributed by atoms with E-state index in [1.54, 1.807) is 35.5 Å². The monoisotopic (exact) mass is 429 g/mol. The number of carbonyl (C=O) groups excluding carboxylic acids is 1. The summed E-state index contributed by atoms with van der Waals surface area (Å²) in [6, 6.07) is 4.89. The first kappa shape index (κ1) is 21.0. The molecule has 3 heterocycles. The topological polar surface area (TPSA) is 100 Å². The van der Waals surface area contributed by atoms with Crippen molar-refractivity contribution in [2.45, 2.75) is 19.4 Å². The van der Waals surface area contributed by atoms with Crippen LogP contribution < -0.4 is 4.90 Å². The van der Waals surface area contributed by atoms with Crippen molar-refractivity contribution in [1.29, 1.82) is 0 Å². The number of oxime groups is 1. The van der Waals surface area contributed by atoms with Gasteiger partial charge in [-0.05, 0) is 0 Å². The van der Waals surface area contributed by atoms with Gasteiger partial charge < -0.3 is 24.5 Å². The van der Waals surface area contributed by atoms with Crippen molar-refractivity contribution in [3.63, 3.8) is 0 Å². The number of benzene rings is 1. The first-order chi connectivity index (χ1) is 15.2. The van der Waals surface area contributed by atoms with Crippen LogP contribution in [0, 0.1) is 5.82 Å². The molecule has 1 aromatic carbocycles. The van der Waals surface area contributed by atoms with Crippen molar-refractivity contribution in [2.75, 3.05) is 44.3 Å². The number of anilines is 1. The van der Waals surface area contributed by atoms with Gasteiger partial charge in [0.15, 0.2) is 0 Å². The third kappa shape index (κ3) is 4.91. The first-order valence-electron chi connectivity index (χ1n) is 10.2. The van der Waals surface area contributed by atoms with Gasteiger partial charge in [0.05, 0.1) is 25.4 Å². The zero-order valence-corrected chi connectivity index (χ0v) is 17.0. The van der Waals surface area contributed by atoms with Crippen molar-refractivity contribution in [3.05, 3.63) is 42.0 Å². The summed E-state index contributed by atoms with van der Waals surface area (Å²) in [6.45, 7) is 2.86. The summed E-state index contributed by atoms with van der Waals surface area (Å²) >= 11 is 0. The highest BCUT2D eigenvalue weighted by Crippen LogP contribution is 2.25. The minimum absolute atomic E-state index is 0.243. The van der Waals surface area contributed by atoms with Crippen LogP contribution in [-0.2, 0) is 16.2 Å². The average Bonchev–Trinajstić information content (AvgIpc) is 3.22. The van der Waals surface area contributed by atoms with Crippen molar-refractivity contribution in [2.24, 2.45) is 5.16 Å². The Labute approximate surface area is 179 Å². The van der Waals surface area contributed by atoms with Crippen LogP contribution in [0.25, 0.3) is 11.1 Å². The maximum absolute atomic E-state index is 14.4. The molecular weight excluding hydrogens is 405 g/mol. The van der Waals surface area contributed by atoms with E-state index in [2.05, 4.69) is 15.1 Å². The number of aliphatic hydroxyl groups is 1. The van der Waals surface area contributed by atoms with Crippen LogP contribution in [0.15, 0.2) is 35.7 Å². The fourth-order valence-corrected chi connectivity index (χ4v) is 3.52. The van der Waals surface area contributed by atoms with E-state index in [0.29, 0.717) is 56.5 Å². The second-order valence-corrected chi connectivity index (χ2v) is 7.29. The molecule has 2 fully saturated rings. The summed E-state index contributed by atoms with van der Waals surface area (Å²) in [5, 5.41) is 13.4. The molecule has 0 radical (unpaired) electrons. The summed E-state index contributed by atoms with van der Waals surface area (Å²) in [5.41, 5.74) is 2.13. The van der Waals surface area contributed by atoms with Crippen molar-refractivity contribution < 1.29 is 23.9 Å². The summed E-state index contributed by atoms with van der Waals surface area (Å²) in [5.74, 6) is 0.122. The summed E-state index contributed by atoms with van der Waals surface area (Å²) in [7, 11) is 0.